The number of hydrogen-bond donors (Lipinski definition) is 4. The van der Waals surface area contributed by atoms with E-state index >= 15 is 0 Å². The summed E-state index contributed by atoms with van der Waals surface area (Å²) in [5.74, 6) is 0. The number of hydrogen-bond acceptors (Lipinski definition) is 5. The lowest BCUT2D eigenvalue weighted by Crippen LogP contribution is -2.22. The first-order valence-electron chi connectivity index (χ1n) is 5.16. The maximum Gasteiger partial charge on any atom is 0.327 e. The Morgan fingerprint density at radius 3 is 2.79 bits per heavy atom. The molecule has 104 valence electrons. The molecule has 0 saturated heterocycles. The summed E-state index contributed by atoms with van der Waals surface area (Å²) in [7, 11) is -4.10. The average molecular weight is 290 g/mol. The van der Waals surface area contributed by atoms with Gasteiger partial charge in [-0.1, -0.05) is 0 Å². The van der Waals surface area contributed by atoms with Crippen molar-refractivity contribution in [3.63, 3.8) is 0 Å². The number of ether oxygens (including phenoxy) is 1. The minimum absolute atomic E-state index is 0.0539. The summed E-state index contributed by atoms with van der Waals surface area (Å²) in [6.45, 7) is -0.243. The highest BCUT2D eigenvalue weighted by atomic mass is 31.2. The van der Waals surface area contributed by atoms with Crippen LogP contribution < -0.4 is 11.2 Å². The minimum Gasteiger partial charge on any atom is -0.360 e. The second-order valence-corrected chi connectivity index (χ2v) is 5.52. The fourth-order valence-electron chi connectivity index (χ4n) is 1.42. The Kier molecular flexibility index (Phi) is 3.67. The van der Waals surface area contributed by atoms with Crippen LogP contribution in [0.4, 0.5) is 0 Å². The van der Waals surface area contributed by atoms with E-state index in [1.54, 1.807) is 0 Å². The van der Waals surface area contributed by atoms with Gasteiger partial charge in [0.05, 0.1) is 19.1 Å². The zero-order chi connectivity index (χ0) is 14.0. The highest BCUT2D eigenvalue weighted by molar-refractivity contribution is 7.51. The molecular formula is C8H11N4O6P. The van der Waals surface area contributed by atoms with Crippen molar-refractivity contribution < 1.29 is 19.1 Å². The van der Waals surface area contributed by atoms with Gasteiger partial charge in [-0.15, -0.1) is 0 Å². The molecule has 0 unspecified atom stereocenters. The van der Waals surface area contributed by atoms with Gasteiger partial charge in [-0.05, 0) is 0 Å². The van der Waals surface area contributed by atoms with Crippen molar-refractivity contribution in [3.8, 4) is 0 Å². The van der Waals surface area contributed by atoms with Gasteiger partial charge in [-0.25, -0.2) is 9.78 Å². The van der Waals surface area contributed by atoms with Crippen LogP contribution >= 0.6 is 7.60 Å². The molecule has 0 saturated carbocycles. The number of H-pyrrole nitrogens is 2. The molecule has 0 amide bonds. The number of imidazole rings is 1. The molecule has 11 heteroatoms. The third-order valence-electron chi connectivity index (χ3n) is 2.27. The number of aromatic amines is 2. The lowest BCUT2D eigenvalue weighted by Gasteiger charge is -2.06. The van der Waals surface area contributed by atoms with Crippen LogP contribution in [0, 0.1) is 0 Å². The molecule has 0 aliphatic carbocycles. The molecule has 0 aromatic carbocycles. The van der Waals surface area contributed by atoms with Crippen LogP contribution in [0.1, 0.15) is 0 Å². The molecule has 19 heavy (non-hydrogen) atoms. The van der Waals surface area contributed by atoms with Crippen molar-refractivity contribution in [2.45, 2.75) is 6.73 Å². The first-order chi connectivity index (χ1) is 8.87. The molecule has 2 heterocycles. The van der Waals surface area contributed by atoms with Crippen molar-refractivity contribution in [1.82, 2.24) is 19.5 Å². The predicted molar refractivity (Wildman–Crippen MR) is 63.8 cm³/mol. The van der Waals surface area contributed by atoms with Gasteiger partial charge >= 0.3 is 13.3 Å². The van der Waals surface area contributed by atoms with E-state index in [0.717, 1.165) is 0 Å². The largest absolute Gasteiger partial charge is 0.360 e. The van der Waals surface area contributed by atoms with E-state index in [4.69, 9.17) is 14.5 Å². The number of rotatable bonds is 5. The van der Waals surface area contributed by atoms with Gasteiger partial charge in [-0.2, -0.15) is 0 Å². The quantitative estimate of drug-likeness (QED) is 0.389. The molecular weight excluding hydrogens is 279 g/mol. The highest BCUT2D eigenvalue weighted by Crippen LogP contribution is 2.33. The fourth-order valence-corrected chi connectivity index (χ4v) is 1.79. The van der Waals surface area contributed by atoms with Crippen LogP contribution in [0.3, 0.4) is 0 Å². The highest BCUT2D eigenvalue weighted by Gasteiger charge is 2.12. The Bertz CT molecular complexity index is 740. The van der Waals surface area contributed by atoms with Gasteiger partial charge in [0.25, 0.3) is 5.56 Å². The Morgan fingerprint density at radius 1 is 1.37 bits per heavy atom. The summed E-state index contributed by atoms with van der Waals surface area (Å²) in [5.41, 5.74) is -1.05. The summed E-state index contributed by atoms with van der Waals surface area (Å²) in [6.07, 6.45) is 0.879. The first kappa shape index (κ1) is 13.7. The number of nitrogens with one attached hydrogen (secondary N) is 2. The maximum absolute atomic E-state index is 11.4. The molecule has 0 aliphatic heterocycles. The Hall–Kier alpha value is -1.74. The zero-order valence-electron chi connectivity index (χ0n) is 9.57. The molecule has 0 radical (unpaired) electrons. The number of aromatic nitrogens is 4. The van der Waals surface area contributed by atoms with Gasteiger partial charge < -0.3 is 14.5 Å². The number of nitrogens with zero attached hydrogens (tertiary/aromatic N) is 2. The molecule has 0 fully saturated rings. The molecule has 0 bridgehead atoms. The smallest absolute Gasteiger partial charge is 0.327 e. The third-order valence-corrected chi connectivity index (χ3v) is 3.03. The van der Waals surface area contributed by atoms with E-state index in [1.807, 2.05) is 4.98 Å². The third kappa shape index (κ3) is 3.38. The molecule has 0 spiro atoms. The first-order valence-corrected chi connectivity index (χ1v) is 6.96. The molecule has 0 atom stereocenters. The van der Waals surface area contributed by atoms with Gasteiger partial charge in [-0.3, -0.25) is 23.9 Å². The molecule has 10 nitrogen and oxygen atoms in total. The second kappa shape index (κ2) is 5.10. The topological polar surface area (TPSA) is 150 Å². The minimum atomic E-state index is -4.10. The van der Waals surface area contributed by atoms with Crippen LogP contribution in [-0.2, 0) is 16.0 Å². The lowest BCUT2D eigenvalue weighted by atomic mass is 10.5. The van der Waals surface area contributed by atoms with E-state index in [2.05, 4.69) is 9.97 Å². The summed E-state index contributed by atoms with van der Waals surface area (Å²) >= 11 is 0. The average Bonchev–Trinajstić information content (AvgIpc) is 2.66. The number of fused-ring (bicyclic) bond motifs is 1. The summed E-state index contributed by atoms with van der Waals surface area (Å²) in [6, 6.07) is 0. The normalized spacial score (nSPS) is 12.1. The summed E-state index contributed by atoms with van der Waals surface area (Å²) in [4.78, 5) is 48.0. The Balaban J connectivity index is 2.12. The van der Waals surface area contributed by atoms with E-state index in [1.165, 1.54) is 10.9 Å². The summed E-state index contributed by atoms with van der Waals surface area (Å²) in [5, 5.41) is 0. The van der Waals surface area contributed by atoms with Crippen molar-refractivity contribution in [2.75, 3.05) is 12.8 Å². The Labute approximate surface area is 105 Å². The van der Waals surface area contributed by atoms with E-state index in [9.17, 15) is 14.2 Å². The van der Waals surface area contributed by atoms with Gasteiger partial charge in [0.2, 0.25) is 0 Å². The summed E-state index contributed by atoms with van der Waals surface area (Å²) < 4.78 is 17.0. The molecule has 2 aromatic heterocycles. The van der Waals surface area contributed by atoms with E-state index < -0.39 is 25.0 Å². The molecule has 2 aromatic rings. The van der Waals surface area contributed by atoms with Crippen molar-refractivity contribution in [3.05, 3.63) is 27.2 Å². The van der Waals surface area contributed by atoms with E-state index in [0.29, 0.717) is 0 Å². The molecule has 4 N–H and O–H groups in total. The maximum atomic E-state index is 11.4. The standard InChI is InChI=1S/C8H11N4O6P/c13-7-5-6(10-8(14)11-7)12(3-9-5)4-18-1-2-19(15,16)17/h3H,1-2,4H2,(H2,15,16,17)(H2,10,11,13,14). The van der Waals surface area contributed by atoms with Crippen LogP contribution in [0.15, 0.2) is 15.9 Å². The van der Waals surface area contributed by atoms with Crippen molar-refractivity contribution in [1.29, 1.82) is 0 Å². The Morgan fingerprint density at radius 2 is 2.11 bits per heavy atom. The van der Waals surface area contributed by atoms with Crippen molar-refractivity contribution in [2.24, 2.45) is 0 Å². The molecule has 2 rings (SSSR count). The van der Waals surface area contributed by atoms with Gasteiger partial charge in [0.1, 0.15) is 12.4 Å². The fraction of sp³-hybridized carbons (Fsp3) is 0.375. The van der Waals surface area contributed by atoms with Crippen LogP contribution in [0.2, 0.25) is 0 Å². The van der Waals surface area contributed by atoms with Crippen LogP contribution in [0.25, 0.3) is 11.2 Å². The van der Waals surface area contributed by atoms with Crippen LogP contribution in [0.5, 0.6) is 0 Å². The van der Waals surface area contributed by atoms with Gasteiger partial charge in [0.15, 0.2) is 5.52 Å². The zero-order valence-corrected chi connectivity index (χ0v) is 10.5. The molecule has 0 aliphatic rings. The van der Waals surface area contributed by atoms with E-state index in [-0.39, 0.29) is 24.5 Å². The second-order valence-electron chi connectivity index (χ2n) is 3.75. The lowest BCUT2D eigenvalue weighted by molar-refractivity contribution is 0.0890. The predicted octanol–water partition coefficient (Wildman–Crippen LogP) is -1.44. The monoisotopic (exact) mass is 290 g/mol. The van der Waals surface area contributed by atoms with Crippen molar-refractivity contribution >= 4 is 18.8 Å². The van der Waals surface area contributed by atoms with Crippen LogP contribution in [-0.4, -0.2) is 42.1 Å². The SMILES string of the molecule is O=c1[nH]c(=O)c2ncn(COCCP(=O)(O)O)c2[nH]1. The van der Waals surface area contributed by atoms with Gasteiger partial charge in [0, 0.05) is 0 Å².